The number of carbonyl (C=O) groups is 3. The van der Waals surface area contributed by atoms with Gasteiger partial charge in [-0.2, -0.15) is 0 Å². The Hall–Kier alpha value is -3.69. The van der Waals surface area contributed by atoms with Crippen molar-refractivity contribution in [3.63, 3.8) is 0 Å². The number of hydrogen-bond donors (Lipinski definition) is 4. The molecule has 0 saturated carbocycles. The van der Waals surface area contributed by atoms with E-state index < -0.39 is 11.8 Å². The van der Waals surface area contributed by atoms with Gasteiger partial charge in [-0.25, -0.2) is 0 Å². The molecule has 0 radical (unpaired) electrons. The van der Waals surface area contributed by atoms with E-state index in [2.05, 4.69) is 21.5 Å². The Balaban J connectivity index is 1.33. The molecule has 170 valence electrons. The molecular weight excluding hydrogens is 464 g/mol. The minimum absolute atomic E-state index is 0.0581. The molecule has 3 amide bonds. The van der Waals surface area contributed by atoms with Gasteiger partial charge in [-0.1, -0.05) is 54.1 Å². The summed E-state index contributed by atoms with van der Waals surface area (Å²) in [4.78, 5) is 35.9. The lowest BCUT2D eigenvalue weighted by molar-refractivity contribution is -0.125. The first-order chi connectivity index (χ1) is 15.9. The van der Waals surface area contributed by atoms with Gasteiger partial charge >= 0.3 is 0 Å². The van der Waals surface area contributed by atoms with Crippen molar-refractivity contribution < 1.29 is 19.1 Å². The van der Waals surface area contributed by atoms with Gasteiger partial charge in [0.15, 0.2) is 11.7 Å². The molecule has 8 nitrogen and oxygen atoms in total. The highest BCUT2D eigenvalue weighted by atomic mass is 35.5. The zero-order valence-corrected chi connectivity index (χ0v) is 19.0. The SMILES string of the molecule is O=C(CCC(=O)Nc1ccccc1Cl)NNC(=S)NC(=O)COc1ccc2ccccc2c1. The Morgan fingerprint density at radius 1 is 0.818 bits per heavy atom. The molecule has 0 aliphatic rings. The number of carbonyl (C=O) groups excluding carboxylic acids is 3. The van der Waals surface area contributed by atoms with Crippen molar-refractivity contribution in [1.29, 1.82) is 0 Å². The first-order valence-electron chi connectivity index (χ1n) is 9.95. The molecule has 0 unspecified atom stereocenters. The summed E-state index contributed by atoms with van der Waals surface area (Å²) in [5.74, 6) is -0.784. The molecule has 3 rings (SSSR count). The molecule has 0 fully saturated rings. The van der Waals surface area contributed by atoms with Crippen LogP contribution in [0.3, 0.4) is 0 Å². The highest BCUT2D eigenvalue weighted by Gasteiger charge is 2.10. The Morgan fingerprint density at radius 3 is 2.30 bits per heavy atom. The lowest BCUT2D eigenvalue weighted by atomic mass is 10.1. The van der Waals surface area contributed by atoms with Gasteiger partial charge in [0.1, 0.15) is 5.75 Å². The molecular formula is C23H21ClN4O4S. The van der Waals surface area contributed by atoms with Crippen LogP contribution in [0.1, 0.15) is 12.8 Å². The quantitative estimate of drug-likeness (QED) is 0.302. The second kappa shape index (κ2) is 11.8. The summed E-state index contributed by atoms with van der Waals surface area (Å²) in [6.45, 7) is -0.254. The van der Waals surface area contributed by atoms with Crippen molar-refractivity contribution >= 4 is 63.1 Å². The Morgan fingerprint density at radius 2 is 1.52 bits per heavy atom. The average molecular weight is 485 g/mol. The van der Waals surface area contributed by atoms with Crippen LogP contribution in [-0.2, 0) is 14.4 Å². The number of ether oxygens (including phenoxy) is 1. The molecule has 0 aromatic heterocycles. The van der Waals surface area contributed by atoms with Crippen LogP contribution >= 0.6 is 23.8 Å². The highest BCUT2D eigenvalue weighted by molar-refractivity contribution is 7.80. The van der Waals surface area contributed by atoms with Crippen molar-refractivity contribution in [3.05, 3.63) is 71.8 Å². The molecule has 4 N–H and O–H groups in total. The van der Waals surface area contributed by atoms with Crippen LogP contribution in [0.2, 0.25) is 5.02 Å². The summed E-state index contributed by atoms with van der Waals surface area (Å²) in [7, 11) is 0. The summed E-state index contributed by atoms with van der Waals surface area (Å²) < 4.78 is 5.48. The third-order valence-corrected chi connectivity index (χ3v) is 4.92. The maximum absolute atomic E-state index is 12.0. The standard InChI is InChI=1S/C23H21ClN4O4S/c24-18-7-3-4-8-19(18)25-20(29)11-12-21(30)27-28-23(33)26-22(31)14-32-17-10-9-15-5-1-2-6-16(15)13-17/h1-10,13H,11-12,14H2,(H,25,29)(H,27,30)(H2,26,28,31,33). The van der Waals surface area contributed by atoms with E-state index >= 15 is 0 Å². The molecule has 3 aromatic rings. The number of nitrogens with one attached hydrogen (secondary N) is 4. The van der Waals surface area contributed by atoms with Crippen molar-refractivity contribution in [2.45, 2.75) is 12.8 Å². The molecule has 0 saturated heterocycles. The molecule has 0 heterocycles. The third kappa shape index (κ3) is 7.74. The predicted molar refractivity (Wildman–Crippen MR) is 131 cm³/mol. The van der Waals surface area contributed by atoms with E-state index in [9.17, 15) is 14.4 Å². The van der Waals surface area contributed by atoms with E-state index in [1.165, 1.54) is 0 Å². The number of hydrazine groups is 1. The lowest BCUT2D eigenvalue weighted by Crippen LogP contribution is -2.49. The van der Waals surface area contributed by atoms with Gasteiger partial charge in [0.25, 0.3) is 5.91 Å². The van der Waals surface area contributed by atoms with Crippen molar-refractivity contribution in [2.24, 2.45) is 0 Å². The molecule has 33 heavy (non-hydrogen) atoms. The maximum atomic E-state index is 12.0. The fraction of sp³-hybridized carbons (Fsp3) is 0.130. The third-order valence-electron chi connectivity index (χ3n) is 4.39. The number of anilines is 1. The predicted octanol–water partition coefficient (Wildman–Crippen LogP) is 3.31. The smallest absolute Gasteiger partial charge is 0.264 e. The van der Waals surface area contributed by atoms with Gasteiger partial charge in [-0.3, -0.25) is 30.6 Å². The topological polar surface area (TPSA) is 109 Å². The van der Waals surface area contributed by atoms with Crippen LogP contribution in [0.15, 0.2) is 66.7 Å². The maximum Gasteiger partial charge on any atom is 0.264 e. The average Bonchev–Trinajstić information content (AvgIpc) is 2.81. The molecule has 0 aliphatic carbocycles. The largest absolute Gasteiger partial charge is 0.484 e. The zero-order chi connectivity index (χ0) is 23.6. The normalized spacial score (nSPS) is 10.2. The number of para-hydroxylation sites is 1. The van der Waals surface area contributed by atoms with Crippen molar-refractivity contribution in [2.75, 3.05) is 11.9 Å². The van der Waals surface area contributed by atoms with E-state index in [-0.39, 0.29) is 30.5 Å². The number of thiocarbonyl (C=S) groups is 1. The number of benzene rings is 3. The van der Waals surface area contributed by atoms with E-state index in [0.29, 0.717) is 16.5 Å². The molecule has 0 atom stereocenters. The van der Waals surface area contributed by atoms with Gasteiger partial charge < -0.3 is 10.1 Å². The van der Waals surface area contributed by atoms with Gasteiger partial charge in [0.2, 0.25) is 11.8 Å². The minimum atomic E-state index is -0.492. The lowest BCUT2D eigenvalue weighted by Gasteiger charge is -2.12. The summed E-state index contributed by atoms with van der Waals surface area (Å²) in [6.07, 6.45) is -0.150. The second-order valence-corrected chi connectivity index (χ2v) is 7.69. The summed E-state index contributed by atoms with van der Waals surface area (Å²) >= 11 is 10.9. The summed E-state index contributed by atoms with van der Waals surface area (Å²) in [5, 5.41) is 7.39. The summed E-state index contributed by atoms with van der Waals surface area (Å²) in [6, 6.07) is 20.1. The van der Waals surface area contributed by atoms with Gasteiger partial charge in [0, 0.05) is 12.8 Å². The van der Waals surface area contributed by atoms with E-state index in [4.69, 9.17) is 28.6 Å². The molecule has 10 heteroatoms. The van der Waals surface area contributed by atoms with Crippen LogP contribution < -0.4 is 26.2 Å². The Labute approximate surface area is 200 Å². The number of hydrogen-bond acceptors (Lipinski definition) is 5. The van der Waals surface area contributed by atoms with Crippen LogP contribution in [0.4, 0.5) is 5.69 Å². The summed E-state index contributed by atoms with van der Waals surface area (Å²) in [5.41, 5.74) is 5.20. The first-order valence-corrected chi connectivity index (χ1v) is 10.7. The molecule has 0 aliphatic heterocycles. The van der Waals surface area contributed by atoms with Crippen LogP contribution in [0, 0.1) is 0 Å². The van der Waals surface area contributed by atoms with E-state index in [1.807, 2.05) is 36.4 Å². The van der Waals surface area contributed by atoms with Crippen molar-refractivity contribution in [1.82, 2.24) is 16.2 Å². The minimum Gasteiger partial charge on any atom is -0.484 e. The van der Waals surface area contributed by atoms with Gasteiger partial charge in [0.05, 0.1) is 10.7 Å². The first kappa shape index (κ1) is 24.0. The fourth-order valence-corrected chi connectivity index (χ4v) is 3.14. The van der Waals surface area contributed by atoms with Crippen molar-refractivity contribution in [3.8, 4) is 5.75 Å². The number of halogens is 1. The van der Waals surface area contributed by atoms with E-state index in [1.54, 1.807) is 30.3 Å². The van der Waals surface area contributed by atoms with Crippen LogP contribution in [0.5, 0.6) is 5.75 Å². The number of amides is 3. The van der Waals surface area contributed by atoms with Gasteiger partial charge in [-0.15, -0.1) is 0 Å². The zero-order valence-electron chi connectivity index (χ0n) is 17.4. The van der Waals surface area contributed by atoms with Crippen LogP contribution in [-0.4, -0.2) is 29.4 Å². The second-order valence-electron chi connectivity index (χ2n) is 6.88. The molecule has 0 spiro atoms. The number of fused-ring (bicyclic) bond motifs is 1. The van der Waals surface area contributed by atoms with Gasteiger partial charge in [-0.05, 0) is 47.3 Å². The number of rotatable bonds is 7. The van der Waals surface area contributed by atoms with Crippen LogP contribution in [0.25, 0.3) is 10.8 Å². The molecule has 0 bridgehead atoms. The Kier molecular flexibility index (Phi) is 8.56. The van der Waals surface area contributed by atoms with E-state index in [0.717, 1.165) is 10.8 Å². The monoisotopic (exact) mass is 484 g/mol. The fourth-order valence-electron chi connectivity index (χ4n) is 2.79. The highest BCUT2D eigenvalue weighted by Crippen LogP contribution is 2.21. The Bertz CT molecular complexity index is 1190. The molecule has 3 aromatic carbocycles.